The van der Waals surface area contributed by atoms with E-state index in [9.17, 15) is 14.7 Å². The first-order valence-corrected chi connectivity index (χ1v) is 11.4. The summed E-state index contributed by atoms with van der Waals surface area (Å²) in [7, 11) is 0. The fourth-order valence-corrected chi connectivity index (χ4v) is 5.52. The Hall–Kier alpha value is -2.37. The molecule has 5 rings (SSSR count). The lowest BCUT2D eigenvalue weighted by atomic mass is 9.88. The second kappa shape index (κ2) is 7.95. The van der Waals surface area contributed by atoms with E-state index in [1.54, 1.807) is 12.1 Å². The van der Waals surface area contributed by atoms with E-state index in [4.69, 9.17) is 16.3 Å². The van der Waals surface area contributed by atoms with E-state index in [0.717, 1.165) is 49.9 Å². The van der Waals surface area contributed by atoms with E-state index in [-0.39, 0.29) is 17.6 Å². The molecule has 31 heavy (non-hydrogen) atoms. The largest absolute Gasteiger partial charge is 0.478 e. The minimum absolute atomic E-state index is 0.175. The van der Waals surface area contributed by atoms with Gasteiger partial charge in [-0.2, -0.15) is 0 Å². The number of piperidine rings is 1. The molecule has 2 aromatic carbocycles. The highest BCUT2D eigenvalue weighted by molar-refractivity contribution is 6.33. The van der Waals surface area contributed by atoms with Crippen molar-refractivity contribution in [2.45, 2.75) is 44.1 Å². The van der Waals surface area contributed by atoms with Crippen LogP contribution >= 0.6 is 11.6 Å². The lowest BCUT2D eigenvalue weighted by molar-refractivity contribution is -0.142. The number of carbonyl (C=O) groups excluding carboxylic acids is 1. The molecule has 0 radical (unpaired) electrons. The maximum Gasteiger partial charge on any atom is 0.335 e. The van der Waals surface area contributed by atoms with Crippen molar-refractivity contribution in [3.05, 3.63) is 58.6 Å². The SMILES string of the molecule is O=C(O)c1ccc(Cl)c(-c2ccc([C@@H]3CC34CCN(C(=O)C3CCCO3)CC4)cc2)c1. The molecule has 3 fully saturated rings. The summed E-state index contributed by atoms with van der Waals surface area (Å²) >= 11 is 6.32. The normalized spacial score (nSPS) is 24.4. The van der Waals surface area contributed by atoms with Gasteiger partial charge >= 0.3 is 5.97 Å². The van der Waals surface area contributed by atoms with Gasteiger partial charge in [0.1, 0.15) is 6.10 Å². The number of carboxylic acids is 1. The van der Waals surface area contributed by atoms with Gasteiger partial charge in [-0.25, -0.2) is 4.79 Å². The molecule has 2 atom stereocenters. The number of ether oxygens (including phenoxy) is 1. The Morgan fingerprint density at radius 1 is 1.10 bits per heavy atom. The van der Waals surface area contributed by atoms with Crippen molar-refractivity contribution in [1.29, 1.82) is 0 Å². The molecule has 1 aliphatic carbocycles. The first kappa shape index (κ1) is 20.5. The standard InChI is InChI=1S/C25H26ClNO4/c26-21-8-7-18(24(29)30)14-19(21)16-3-5-17(6-4-16)20-15-25(20)9-11-27(12-10-25)23(28)22-2-1-13-31-22/h3-8,14,20,22H,1-2,9-13,15H2,(H,29,30)/t20-,22?/m0/s1. The zero-order valence-electron chi connectivity index (χ0n) is 17.4. The molecule has 1 saturated carbocycles. The maximum atomic E-state index is 12.6. The predicted octanol–water partition coefficient (Wildman–Crippen LogP) is 4.98. The molecule has 2 heterocycles. The molecule has 0 aromatic heterocycles. The van der Waals surface area contributed by atoms with Crippen LogP contribution in [0.3, 0.4) is 0 Å². The Morgan fingerprint density at radius 2 is 1.84 bits per heavy atom. The van der Waals surface area contributed by atoms with Crippen molar-refractivity contribution in [1.82, 2.24) is 4.90 Å². The van der Waals surface area contributed by atoms with Crippen molar-refractivity contribution in [3.8, 4) is 11.1 Å². The molecule has 1 N–H and O–H groups in total. The minimum Gasteiger partial charge on any atom is -0.478 e. The van der Waals surface area contributed by atoms with Gasteiger partial charge in [-0.3, -0.25) is 4.79 Å². The van der Waals surface area contributed by atoms with Crippen LogP contribution in [0.5, 0.6) is 0 Å². The lowest BCUT2D eigenvalue weighted by Gasteiger charge is -2.34. The van der Waals surface area contributed by atoms with Crippen LogP contribution in [0.25, 0.3) is 11.1 Å². The number of hydrogen-bond donors (Lipinski definition) is 1. The van der Waals surface area contributed by atoms with E-state index in [0.29, 0.717) is 23.0 Å². The summed E-state index contributed by atoms with van der Waals surface area (Å²) in [6.07, 6.45) is 4.88. The minimum atomic E-state index is -0.959. The predicted molar refractivity (Wildman–Crippen MR) is 118 cm³/mol. The van der Waals surface area contributed by atoms with E-state index >= 15 is 0 Å². The molecular weight excluding hydrogens is 414 g/mol. The molecule has 162 valence electrons. The van der Waals surface area contributed by atoms with Crippen molar-refractivity contribution in [2.75, 3.05) is 19.7 Å². The van der Waals surface area contributed by atoms with E-state index in [1.807, 2.05) is 17.0 Å². The zero-order chi connectivity index (χ0) is 21.6. The van der Waals surface area contributed by atoms with Gasteiger partial charge < -0.3 is 14.7 Å². The Morgan fingerprint density at radius 3 is 2.48 bits per heavy atom. The summed E-state index contributed by atoms with van der Waals surface area (Å²) in [5.41, 5.74) is 3.51. The maximum absolute atomic E-state index is 12.6. The average Bonchev–Trinajstić information content (AvgIpc) is 3.21. The average molecular weight is 440 g/mol. The monoisotopic (exact) mass is 439 g/mol. The van der Waals surface area contributed by atoms with Crippen molar-refractivity contribution in [3.63, 3.8) is 0 Å². The van der Waals surface area contributed by atoms with Gasteiger partial charge in [0.25, 0.3) is 5.91 Å². The fraction of sp³-hybridized carbons (Fsp3) is 0.440. The van der Waals surface area contributed by atoms with Gasteiger partial charge in [-0.1, -0.05) is 35.9 Å². The number of halogens is 1. The van der Waals surface area contributed by atoms with Crippen LogP contribution in [0.2, 0.25) is 5.02 Å². The fourth-order valence-electron chi connectivity index (χ4n) is 5.29. The molecular formula is C25H26ClNO4. The van der Waals surface area contributed by atoms with E-state index < -0.39 is 5.97 Å². The van der Waals surface area contributed by atoms with Crippen LogP contribution in [0.15, 0.2) is 42.5 Å². The number of likely N-dealkylation sites (tertiary alicyclic amines) is 1. The van der Waals surface area contributed by atoms with Crippen LogP contribution in [0.1, 0.15) is 53.9 Å². The molecule has 2 saturated heterocycles. The van der Waals surface area contributed by atoms with Crippen molar-refractivity contribution < 1.29 is 19.4 Å². The number of hydrogen-bond acceptors (Lipinski definition) is 3. The first-order chi connectivity index (χ1) is 15.0. The Labute approximate surface area is 187 Å². The molecule has 0 bridgehead atoms. The van der Waals surface area contributed by atoms with Crippen LogP contribution in [0, 0.1) is 5.41 Å². The second-order valence-corrected chi connectivity index (χ2v) is 9.48. The third-order valence-electron chi connectivity index (χ3n) is 7.30. The van der Waals surface area contributed by atoms with Gasteiger partial charge in [0.05, 0.1) is 5.56 Å². The molecule has 2 aliphatic heterocycles. The summed E-state index contributed by atoms with van der Waals surface area (Å²) in [4.78, 5) is 25.9. The quantitative estimate of drug-likeness (QED) is 0.729. The first-order valence-electron chi connectivity index (χ1n) is 11.0. The van der Waals surface area contributed by atoms with Gasteiger partial charge in [0.2, 0.25) is 0 Å². The molecule has 1 spiro atoms. The number of carbonyl (C=O) groups is 2. The van der Waals surface area contributed by atoms with Gasteiger partial charge in [-0.15, -0.1) is 0 Å². The van der Waals surface area contributed by atoms with Crippen molar-refractivity contribution >= 4 is 23.5 Å². The summed E-state index contributed by atoms with van der Waals surface area (Å²) in [6, 6.07) is 13.1. The van der Waals surface area contributed by atoms with Gasteiger partial charge in [0, 0.05) is 30.3 Å². The molecule has 3 aliphatic rings. The second-order valence-electron chi connectivity index (χ2n) is 9.07. The Kier molecular flexibility index (Phi) is 5.27. The molecule has 1 amide bonds. The summed E-state index contributed by atoms with van der Waals surface area (Å²) < 4.78 is 5.57. The number of benzene rings is 2. The van der Waals surface area contributed by atoms with Crippen LogP contribution in [-0.2, 0) is 9.53 Å². The summed E-state index contributed by atoms with van der Waals surface area (Å²) in [5, 5.41) is 9.80. The Bertz CT molecular complexity index is 1000. The topological polar surface area (TPSA) is 66.8 Å². The molecule has 6 heteroatoms. The van der Waals surface area contributed by atoms with Gasteiger partial charge in [-0.05, 0) is 72.8 Å². The van der Waals surface area contributed by atoms with Gasteiger partial charge in [0.15, 0.2) is 0 Å². The lowest BCUT2D eigenvalue weighted by Crippen LogP contribution is -2.44. The molecule has 1 unspecified atom stereocenters. The number of rotatable bonds is 4. The number of carboxylic acid groups (broad SMARTS) is 1. The highest BCUT2D eigenvalue weighted by Gasteiger charge is 2.55. The number of amides is 1. The Balaban J connectivity index is 1.25. The number of aromatic carboxylic acids is 1. The van der Waals surface area contributed by atoms with Crippen LogP contribution in [-0.4, -0.2) is 47.7 Å². The van der Waals surface area contributed by atoms with Crippen LogP contribution in [0.4, 0.5) is 0 Å². The third-order valence-corrected chi connectivity index (χ3v) is 7.63. The third kappa shape index (κ3) is 3.85. The summed E-state index contributed by atoms with van der Waals surface area (Å²) in [5.74, 6) is -0.254. The number of nitrogens with zero attached hydrogens (tertiary/aromatic N) is 1. The van der Waals surface area contributed by atoms with Crippen LogP contribution < -0.4 is 0 Å². The molecule has 5 nitrogen and oxygen atoms in total. The molecule has 2 aromatic rings. The highest BCUT2D eigenvalue weighted by Crippen LogP contribution is 2.65. The van der Waals surface area contributed by atoms with E-state index in [1.165, 1.54) is 18.1 Å². The summed E-state index contributed by atoms with van der Waals surface area (Å²) in [6.45, 7) is 2.35. The van der Waals surface area contributed by atoms with Crippen molar-refractivity contribution in [2.24, 2.45) is 5.41 Å². The van der Waals surface area contributed by atoms with E-state index in [2.05, 4.69) is 12.1 Å². The smallest absolute Gasteiger partial charge is 0.335 e. The highest BCUT2D eigenvalue weighted by atomic mass is 35.5. The zero-order valence-corrected chi connectivity index (χ0v) is 18.1.